The molecule has 0 bridgehead atoms. The molecule has 0 amide bonds. The topological polar surface area (TPSA) is 0 Å². The summed E-state index contributed by atoms with van der Waals surface area (Å²) in [5, 5.41) is 11.0. The first-order valence-electron chi connectivity index (χ1n) is 16.0. The van der Waals surface area contributed by atoms with Crippen LogP contribution >= 0.6 is 45.3 Å². The summed E-state index contributed by atoms with van der Waals surface area (Å²) in [6, 6.07) is 38.5. The molecule has 0 N–H and O–H groups in total. The Morgan fingerprint density at radius 3 is 1.24 bits per heavy atom. The third-order valence-electron chi connectivity index (χ3n) is 9.80. The van der Waals surface area contributed by atoms with Gasteiger partial charge in [0.2, 0.25) is 0 Å². The fourth-order valence-electron chi connectivity index (χ4n) is 7.37. The van der Waals surface area contributed by atoms with Gasteiger partial charge in [-0.1, -0.05) is 0 Å². The van der Waals surface area contributed by atoms with E-state index >= 15 is 8.78 Å². The van der Waals surface area contributed by atoms with E-state index in [1.165, 1.54) is 60.5 Å². The molecule has 0 aliphatic carbocycles. The van der Waals surface area contributed by atoms with Crippen LogP contribution in [0.15, 0.2) is 109 Å². The second kappa shape index (κ2) is 10.4. The van der Waals surface area contributed by atoms with Crippen LogP contribution < -0.4 is 0 Å². The Labute approximate surface area is 310 Å². The molecular weight excluding hydrogens is 829 g/mol. The predicted molar refractivity (Wildman–Crippen MR) is 220 cm³/mol. The van der Waals surface area contributed by atoms with Crippen molar-refractivity contribution in [3.63, 3.8) is 0 Å². The molecule has 6 aromatic carbocycles. The van der Waals surface area contributed by atoms with E-state index < -0.39 is 0 Å². The van der Waals surface area contributed by atoms with Gasteiger partial charge in [-0.25, -0.2) is 0 Å². The fourth-order valence-corrected chi connectivity index (χ4v) is 17.4. The third kappa shape index (κ3) is 4.11. The third-order valence-corrected chi connectivity index (χ3v) is 20.0. The minimum atomic E-state index is -0.0626. The number of hydrogen-bond donors (Lipinski definition) is 0. The second-order valence-electron chi connectivity index (χ2n) is 12.7. The van der Waals surface area contributed by atoms with Crippen molar-refractivity contribution >= 4 is 165 Å². The molecule has 236 valence electrons. The first kappa shape index (κ1) is 29.0. The molecule has 0 radical (unpaired) electrons. The summed E-state index contributed by atoms with van der Waals surface area (Å²) in [6.45, 7) is 0. The van der Waals surface area contributed by atoms with Gasteiger partial charge in [0.05, 0.1) is 0 Å². The van der Waals surface area contributed by atoms with E-state index in [0.717, 1.165) is 48.7 Å². The van der Waals surface area contributed by atoms with Gasteiger partial charge in [0.25, 0.3) is 0 Å². The second-order valence-corrected chi connectivity index (χ2v) is 21.4. The average molecular weight is 847 g/mol. The van der Waals surface area contributed by atoms with Gasteiger partial charge in [-0.15, -0.1) is 0 Å². The van der Waals surface area contributed by atoms with Gasteiger partial charge >= 0.3 is 313 Å². The Morgan fingerprint density at radius 1 is 0.380 bits per heavy atom. The summed E-state index contributed by atoms with van der Waals surface area (Å²) in [4.78, 5) is 2.09. The van der Waals surface area contributed by atoms with E-state index in [1.807, 2.05) is 59.1 Å². The van der Waals surface area contributed by atoms with E-state index in [2.05, 4.69) is 72.8 Å². The van der Waals surface area contributed by atoms with E-state index in [4.69, 9.17) is 0 Å². The van der Waals surface area contributed by atoms with Crippen LogP contribution in [0.1, 0.15) is 0 Å². The van der Waals surface area contributed by atoms with E-state index in [0.29, 0.717) is 0 Å². The zero-order chi connectivity index (χ0) is 32.8. The van der Waals surface area contributed by atoms with E-state index in [-0.39, 0.29) is 40.6 Å². The zero-order valence-electron chi connectivity index (χ0n) is 25.6. The van der Waals surface area contributed by atoms with Gasteiger partial charge in [0.15, 0.2) is 0 Å². The number of hydrogen-bond acceptors (Lipinski definition) is 4. The summed E-state index contributed by atoms with van der Waals surface area (Å²) >= 11 is 7.01. The molecule has 0 atom stereocenters. The maximum atomic E-state index is 15.9. The van der Waals surface area contributed by atoms with Crippen molar-refractivity contribution in [1.82, 2.24) is 0 Å². The van der Waals surface area contributed by atoms with Crippen LogP contribution in [0.4, 0.5) is 8.78 Å². The summed E-state index contributed by atoms with van der Waals surface area (Å²) < 4.78 is 43.4. The zero-order valence-corrected chi connectivity index (χ0v) is 32.3. The van der Waals surface area contributed by atoms with Gasteiger partial charge in [0.1, 0.15) is 0 Å². The monoisotopic (exact) mass is 848 g/mol. The number of benzene rings is 6. The van der Waals surface area contributed by atoms with Crippen molar-refractivity contribution in [2.75, 3.05) is 0 Å². The predicted octanol–water partition coefficient (Wildman–Crippen LogP) is 14.0. The Balaban J connectivity index is 0.964. The summed E-state index contributed by atoms with van der Waals surface area (Å²) in [7, 11) is 0. The average Bonchev–Trinajstić information content (AvgIpc) is 3.97. The standard InChI is InChI=1S/C42H18F2S4Se2/c43-37-27-9-19-5-1-3-7-21(19)15-35(27)49-41(37)33-13-23-11-31-25(17-29(23)45-33)39-40(47-31)26-18-30-24(12-32(26)48-39)14-34(46-30)42-38(44)28-10-20-6-2-4-8-22(20)16-36(28)50-42/h1-18H. The fraction of sp³-hybridized carbons (Fsp3) is 0. The number of thiophene rings is 4. The molecule has 6 heterocycles. The van der Waals surface area contributed by atoms with Crippen LogP contribution in [0.25, 0.3) is 109 Å². The molecule has 8 heteroatoms. The van der Waals surface area contributed by atoms with Crippen molar-refractivity contribution in [2.45, 2.75) is 0 Å². The van der Waals surface area contributed by atoms with Gasteiger partial charge in [0, 0.05) is 0 Å². The van der Waals surface area contributed by atoms with Crippen LogP contribution in [0.2, 0.25) is 0 Å². The minimum absolute atomic E-state index is 0.0553. The summed E-state index contributed by atoms with van der Waals surface area (Å²) in [5.74, 6) is -0.111. The maximum absolute atomic E-state index is 15.9. The van der Waals surface area contributed by atoms with E-state index in [9.17, 15) is 0 Å². The summed E-state index contributed by atoms with van der Waals surface area (Å²) in [5.41, 5.74) is 0. The van der Waals surface area contributed by atoms with Gasteiger partial charge in [-0.05, 0) is 0 Å². The van der Waals surface area contributed by atoms with Crippen LogP contribution in [-0.4, -0.2) is 29.0 Å². The Kier molecular flexibility index (Phi) is 6.05. The van der Waals surface area contributed by atoms with Gasteiger partial charge in [-0.3, -0.25) is 0 Å². The Hall–Kier alpha value is -3.68. The van der Waals surface area contributed by atoms with Gasteiger partial charge in [-0.2, -0.15) is 0 Å². The molecule has 0 aliphatic rings. The molecule has 0 aliphatic heterocycles. The van der Waals surface area contributed by atoms with Crippen molar-refractivity contribution in [3.8, 4) is 18.6 Å². The van der Waals surface area contributed by atoms with Gasteiger partial charge < -0.3 is 0 Å². The molecule has 0 spiro atoms. The van der Waals surface area contributed by atoms with Crippen LogP contribution in [0, 0.1) is 11.6 Å². The van der Waals surface area contributed by atoms with Crippen molar-refractivity contribution < 1.29 is 8.78 Å². The first-order valence-corrected chi connectivity index (χ1v) is 22.7. The van der Waals surface area contributed by atoms with Crippen LogP contribution in [0.5, 0.6) is 0 Å². The molecule has 50 heavy (non-hydrogen) atoms. The molecule has 0 nitrogen and oxygen atoms in total. The van der Waals surface area contributed by atoms with Crippen molar-refractivity contribution in [1.29, 1.82) is 0 Å². The molecule has 12 aromatic rings. The Morgan fingerprint density at radius 2 is 0.800 bits per heavy atom. The molecule has 6 aromatic heterocycles. The SMILES string of the molecule is Fc1c(-c2cc3cc4sc5c6cc7sc(-c8[se]c9cc%10ccccc%10cc9c8F)cc7cc6sc5c4cc3s2)[se]c2cc3ccccc3cc12. The molecule has 0 saturated heterocycles. The van der Waals surface area contributed by atoms with Crippen molar-refractivity contribution in [2.24, 2.45) is 0 Å². The first-order chi connectivity index (χ1) is 24.5. The van der Waals surface area contributed by atoms with Crippen LogP contribution in [-0.2, 0) is 0 Å². The molecule has 0 saturated carbocycles. The number of fused-ring (bicyclic) bond motifs is 11. The number of halogens is 2. The molecule has 0 fully saturated rings. The molecule has 12 rings (SSSR count). The summed E-state index contributed by atoms with van der Waals surface area (Å²) in [6.07, 6.45) is 0. The van der Waals surface area contributed by atoms with E-state index in [1.54, 1.807) is 22.7 Å². The molecule has 0 unspecified atom stereocenters. The quantitative estimate of drug-likeness (QED) is 0.152. The van der Waals surface area contributed by atoms with Crippen molar-refractivity contribution in [3.05, 3.63) is 121 Å². The Bertz CT molecular complexity index is 3190. The van der Waals surface area contributed by atoms with Crippen LogP contribution in [0.3, 0.4) is 0 Å². The normalized spacial score (nSPS) is 12.6. The number of rotatable bonds is 2. The molecular formula is C42H18F2S4Se2.